The lowest BCUT2D eigenvalue weighted by Crippen LogP contribution is -2.40. The van der Waals surface area contributed by atoms with Crippen LogP contribution in [0.4, 0.5) is 0 Å². The van der Waals surface area contributed by atoms with Gasteiger partial charge in [-0.3, -0.25) is 4.79 Å². The number of nitrogens with zero attached hydrogens (tertiary/aromatic N) is 1. The molecule has 1 saturated carbocycles. The smallest absolute Gasteiger partial charge is 0.226 e. The van der Waals surface area contributed by atoms with Crippen LogP contribution < -0.4 is 5.73 Å². The number of aromatic amines is 1. The van der Waals surface area contributed by atoms with Gasteiger partial charge in [0, 0.05) is 30.4 Å². The highest BCUT2D eigenvalue weighted by atomic mass is 16.2. The number of H-pyrrole nitrogens is 1. The molecule has 1 aliphatic carbocycles. The quantitative estimate of drug-likeness (QED) is 0.857. The number of carbonyl (C=O) groups excluding carboxylic acids is 1. The van der Waals surface area contributed by atoms with Gasteiger partial charge < -0.3 is 15.6 Å². The van der Waals surface area contributed by atoms with E-state index in [1.165, 1.54) is 5.69 Å². The summed E-state index contributed by atoms with van der Waals surface area (Å²) in [4.78, 5) is 18.0. The molecule has 2 fully saturated rings. The molecule has 0 bridgehead atoms. The summed E-state index contributed by atoms with van der Waals surface area (Å²) in [6.45, 7) is 0.897. The third-order valence-electron chi connectivity index (χ3n) is 4.58. The van der Waals surface area contributed by atoms with Crippen molar-refractivity contribution in [1.29, 1.82) is 0 Å². The molecule has 1 aliphatic heterocycles. The summed E-state index contributed by atoms with van der Waals surface area (Å²) in [5, 5.41) is 0. The van der Waals surface area contributed by atoms with E-state index in [1.54, 1.807) is 0 Å². The van der Waals surface area contributed by atoms with Crippen LogP contribution in [0.15, 0.2) is 18.3 Å². The lowest BCUT2D eigenvalue weighted by atomic mass is 9.85. The van der Waals surface area contributed by atoms with E-state index in [2.05, 4.69) is 16.0 Å². The average molecular weight is 261 g/mol. The van der Waals surface area contributed by atoms with Crippen LogP contribution in [0, 0.1) is 5.92 Å². The molecular formula is C15H23N3O. The van der Waals surface area contributed by atoms with E-state index in [-0.39, 0.29) is 18.0 Å². The first-order valence-electron chi connectivity index (χ1n) is 7.45. The zero-order valence-electron chi connectivity index (χ0n) is 11.3. The molecule has 2 aliphatic rings. The second-order valence-corrected chi connectivity index (χ2v) is 5.94. The molecule has 3 N–H and O–H groups in total. The third-order valence-corrected chi connectivity index (χ3v) is 4.58. The standard InChI is InChI=1S/C15H23N3O/c16-12-5-1-4-11(10-12)15(19)18-9-3-7-14(18)13-6-2-8-17-13/h2,6,8,11-12,14,17H,1,3-5,7,9-10,16H2. The molecule has 0 spiro atoms. The van der Waals surface area contributed by atoms with Crippen LogP contribution in [0.1, 0.15) is 50.3 Å². The largest absolute Gasteiger partial charge is 0.363 e. The van der Waals surface area contributed by atoms with Gasteiger partial charge in [0.1, 0.15) is 0 Å². The normalized spacial score (nSPS) is 31.6. The van der Waals surface area contributed by atoms with Gasteiger partial charge in [-0.05, 0) is 44.2 Å². The minimum Gasteiger partial charge on any atom is -0.363 e. The van der Waals surface area contributed by atoms with Crippen molar-refractivity contribution in [2.75, 3.05) is 6.54 Å². The zero-order chi connectivity index (χ0) is 13.2. The Bertz CT molecular complexity index is 429. The highest BCUT2D eigenvalue weighted by Gasteiger charge is 2.35. The Labute approximate surface area is 114 Å². The Morgan fingerprint density at radius 1 is 1.32 bits per heavy atom. The Balaban J connectivity index is 1.71. The van der Waals surface area contributed by atoms with E-state index < -0.39 is 0 Å². The van der Waals surface area contributed by atoms with Gasteiger partial charge in [0.2, 0.25) is 5.91 Å². The maximum absolute atomic E-state index is 12.7. The topological polar surface area (TPSA) is 62.1 Å². The fourth-order valence-electron chi connectivity index (χ4n) is 3.59. The maximum Gasteiger partial charge on any atom is 0.226 e. The summed E-state index contributed by atoms with van der Waals surface area (Å²) in [6.07, 6.45) is 8.17. The van der Waals surface area contributed by atoms with Gasteiger partial charge in [-0.2, -0.15) is 0 Å². The highest BCUT2D eigenvalue weighted by Crippen LogP contribution is 2.34. The fourth-order valence-corrected chi connectivity index (χ4v) is 3.59. The van der Waals surface area contributed by atoms with Crippen molar-refractivity contribution in [3.63, 3.8) is 0 Å². The Hall–Kier alpha value is -1.29. The number of aromatic nitrogens is 1. The van der Waals surface area contributed by atoms with Crippen LogP contribution in [0.5, 0.6) is 0 Å². The van der Waals surface area contributed by atoms with E-state index in [0.29, 0.717) is 5.91 Å². The van der Waals surface area contributed by atoms with Crippen molar-refractivity contribution in [2.24, 2.45) is 11.7 Å². The third kappa shape index (κ3) is 2.54. The van der Waals surface area contributed by atoms with Crippen molar-refractivity contribution < 1.29 is 4.79 Å². The molecule has 104 valence electrons. The first-order chi connectivity index (χ1) is 9.25. The van der Waals surface area contributed by atoms with Crippen LogP contribution in [0.2, 0.25) is 0 Å². The molecule has 3 rings (SSSR count). The molecule has 3 atom stereocenters. The van der Waals surface area contributed by atoms with E-state index in [9.17, 15) is 4.79 Å². The Kier molecular flexibility index (Phi) is 3.60. The molecule has 0 radical (unpaired) electrons. The monoisotopic (exact) mass is 261 g/mol. The van der Waals surface area contributed by atoms with E-state index in [0.717, 1.165) is 45.1 Å². The van der Waals surface area contributed by atoms with E-state index in [4.69, 9.17) is 5.73 Å². The minimum absolute atomic E-state index is 0.152. The van der Waals surface area contributed by atoms with Gasteiger partial charge in [-0.1, -0.05) is 6.42 Å². The number of hydrogen-bond acceptors (Lipinski definition) is 2. The second-order valence-electron chi connectivity index (χ2n) is 5.94. The highest BCUT2D eigenvalue weighted by molar-refractivity contribution is 5.79. The van der Waals surface area contributed by atoms with Crippen molar-refractivity contribution >= 4 is 5.91 Å². The molecule has 3 unspecified atom stereocenters. The molecule has 4 heteroatoms. The summed E-state index contributed by atoms with van der Waals surface area (Å²) < 4.78 is 0. The van der Waals surface area contributed by atoms with Crippen molar-refractivity contribution in [3.05, 3.63) is 24.0 Å². The molecule has 4 nitrogen and oxygen atoms in total. The van der Waals surface area contributed by atoms with Crippen LogP contribution in [0.3, 0.4) is 0 Å². The maximum atomic E-state index is 12.7. The molecule has 1 amide bonds. The fraction of sp³-hybridized carbons (Fsp3) is 0.667. The summed E-state index contributed by atoms with van der Waals surface area (Å²) in [6, 6.07) is 4.56. The van der Waals surface area contributed by atoms with Crippen molar-refractivity contribution in [3.8, 4) is 0 Å². The number of carbonyl (C=O) groups is 1. The lowest BCUT2D eigenvalue weighted by molar-refractivity contribution is -0.137. The number of nitrogens with one attached hydrogen (secondary N) is 1. The van der Waals surface area contributed by atoms with Crippen LogP contribution in [0.25, 0.3) is 0 Å². The lowest BCUT2D eigenvalue weighted by Gasteiger charge is -2.32. The zero-order valence-corrected chi connectivity index (χ0v) is 11.3. The molecule has 19 heavy (non-hydrogen) atoms. The SMILES string of the molecule is NC1CCCC(C(=O)N2CCCC2c2ccc[nH]2)C1. The Morgan fingerprint density at radius 2 is 2.21 bits per heavy atom. The molecular weight excluding hydrogens is 238 g/mol. The number of rotatable bonds is 2. The first kappa shape index (κ1) is 12.7. The van der Waals surface area contributed by atoms with E-state index >= 15 is 0 Å². The van der Waals surface area contributed by atoms with Crippen LogP contribution in [-0.2, 0) is 4.79 Å². The predicted octanol–water partition coefficient (Wildman–Crippen LogP) is 2.20. The van der Waals surface area contributed by atoms with Gasteiger partial charge in [0.15, 0.2) is 0 Å². The summed E-state index contributed by atoms with van der Waals surface area (Å²) >= 11 is 0. The van der Waals surface area contributed by atoms with Gasteiger partial charge in [0.05, 0.1) is 6.04 Å². The first-order valence-corrected chi connectivity index (χ1v) is 7.45. The number of amides is 1. The van der Waals surface area contributed by atoms with Crippen LogP contribution in [-0.4, -0.2) is 28.4 Å². The molecule has 1 saturated heterocycles. The van der Waals surface area contributed by atoms with Crippen LogP contribution >= 0.6 is 0 Å². The van der Waals surface area contributed by atoms with Gasteiger partial charge in [0.25, 0.3) is 0 Å². The van der Waals surface area contributed by atoms with Crippen molar-refractivity contribution in [2.45, 2.75) is 50.6 Å². The number of nitrogens with two attached hydrogens (primary N) is 1. The number of hydrogen-bond donors (Lipinski definition) is 2. The summed E-state index contributed by atoms with van der Waals surface area (Å²) in [5.41, 5.74) is 7.19. The Morgan fingerprint density at radius 3 is 2.95 bits per heavy atom. The molecule has 1 aromatic heterocycles. The van der Waals surface area contributed by atoms with Gasteiger partial charge >= 0.3 is 0 Å². The van der Waals surface area contributed by atoms with Crippen molar-refractivity contribution in [1.82, 2.24) is 9.88 Å². The van der Waals surface area contributed by atoms with Gasteiger partial charge in [-0.25, -0.2) is 0 Å². The predicted molar refractivity (Wildman–Crippen MR) is 74.4 cm³/mol. The molecule has 0 aromatic carbocycles. The second kappa shape index (κ2) is 5.37. The summed E-state index contributed by atoms with van der Waals surface area (Å²) in [7, 11) is 0. The van der Waals surface area contributed by atoms with E-state index in [1.807, 2.05) is 12.3 Å². The molecule has 2 heterocycles. The van der Waals surface area contributed by atoms with Gasteiger partial charge in [-0.15, -0.1) is 0 Å². The molecule has 1 aromatic rings. The average Bonchev–Trinajstić information content (AvgIpc) is 3.08. The summed E-state index contributed by atoms with van der Waals surface area (Å²) in [5.74, 6) is 0.478. The number of likely N-dealkylation sites (tertiary alicyclic amines) is 1. The minimum atomic E-state index is 0.152.